The Morgan fingerprint density at radius 3 is 1.47 bits per heavy atom. The standard InChI is InChI=1S/C43H40N4/c1-27-34(38-13-9-11-21-45-38)25-33(43(5,6)7)26-35(27)39-19-17-29-15-14-28-16-18-37(46-40(28)41(29)47-39)31-22-30(36-12-8-10-20-44-36)23-32(24-31)42(2,3)4/h8-26H,1-7H3. The molecule has 7 aromatic rings. The van der Waals surface area contributed by atoms with Gasteiger partial charge in [-0.15, -0.1) is 0 Å². The summed E-state index contributed by atoms with van der Waals surface area (Å²) < 4.78 is 0. The van der Waals surface area contributed by atoms with Crippen LogP contribution in [0, 0.1) is 6.92 Å². The maximum atomic E-state index is 5.36. The van der Waals surface area contributed by atoms with Gasteiger partial charge in [-0.25, -0.2) is 9.97 Å². The van der Waals surface area contributed by atoms with E-state index in [4.69, 9.17) is 15.0 Å². The molecule has 0 spiro atoms. The van der Waals surface area contributed by atoms with Gasteiger partial charge >= 0.3 is 0 Å². The van der Waals surface area contributed by atoms with Crippen molar-refractivity contribution in [3.8, 4) is 45.0 Å². The van der Waals surface area contributed by atoms with Crippen LogP contribution in [-0.2, 0) is 10.8 Å². The number of hydrogen-bond acceptors (Lipinski definition) is 4. The summed E-state index contributed by atoms with van der Waals surface area (Å²) in [6, 6.07) is 36.4. The normalized spacial score (nSPS) is 12.1. The Balaban J connectivity index is 1.43. The zero-order valence-electron chi connectivity index (χ0n) is 28.3. The first-order chi connectivity index (χ1) is 22.5. The third-order valence-electron chi connectivity index (χ3n) is 9.07. The van der Waals surface area contributed by atoms with E-state index in [1.165, 1.54) is 16.7 Å². The number of aromatic nitrogens is 4. The van der Waals surface area contributed by atoms with Gasteiger partial charge in [-0.2, -0.15) is 0 Å². The summed E-state index contributed by atoms with van der Waals surface area (Å²) in [6.45, 7) is 15.7. The fourth-order valence-corrected chi connectivity index (χ4v) is 6.17. The lowest BCUT2D eigenvalue weighted by molar-refractivity contribution is 0.590. The Labute approximate surface area is 277 Å². The number of nitrogens with zero attached hydrogens (tertiary/aromatic N) is 4. The highest BCUT2D eigenvalue weighted by Crippen LogP contribution is 2.38. The molecule has 0 aliphatic heterocycles. The quantitative estimate of drug-likeness (QED) is 0.186. The van der Waals surface area contributed by atoms with Crippen LogP contribution in [0.3, 0.4) is 0 Å². The van der Waals surface area contributed by atoms with E-state index < -0.39 is 0 Å². The average Bonchev–Trinajstić information content (AvgIpc) is 3.07. The molecule has 3 aromatic carbocycles. The van der Waals surface area contributed by atoms with Crippen LogP contribution in [0.1, 0.15) is 58.2 Å². The lowest BCUT2D eigenvalue weighted by atomic mass is 9.82. The maximum Gasteiger partial charge on any atom is 0.0972 e. The lowest BCUT2D eigenvalue weighted by Crippen LogP contribution is -2.12. The first-order valence-electron chi connectivity index (χ1n) is 16.3. The summed E-state index contributed by atoms with van der Waals surface area (Å²) in [7, 11) is 0. The van der Waals surface area contributed by atoms with E-state index in [2.05, 4.69) is 132 Å². The van der Waals surface area contributed by atoms with Crippen LogP contribution >= 0.6 is 0 Å². The van der Waals surface area contributed by atoms with Crippen molar-refractivity contribution in [2.75, 3.05) is 0 Å². The van der Waals surface area contributed by atoms with Crippen LogP contribution in [0.4, 0.5) is 0 Å². The summed E-state index contributed by atoms with van der Waals surface area (Å²) in [5.74, 6) is 0. The molecule has 4 aromatic heterocycles. The van der Waals surface area contributed by atoms with E-state index in [9.17, 15) is 0 Å². The molecule has 47 heavy (non-hydrogen) atoms. The van der Waals surface area contributed by atoms with Gasteiger partial charge in [-0.3, -0.25) is 9.97 Å². The first kappa shape index (κ1) is 30.4. The minimum Gasteiger partial charge on any atom is -0.256 e. The van der Waals surface area contributed by atoms with Crippen molar-refractivity contribution in [2.24, 2.45) is 0 Å². The van der Waals surface area contributed by atoms with Crippen LogP contribution in [0.15, 0.2) is 116 Å². The lowest BCUT2D eigenvalue weighted by Gasteiger charge is -2.23. The van der Waals surface area contributed by atoms with E-state index in [1.807, 2.05) is 36.7 Å². The predicted molar refractivity (Wildman–Crippen MR) is 197 cm³/mol. The monoisotopic (exact) mass is 612 g/mol. The minimum atomic E-state index is -0.0400. The number of hydrogen-bond donors (Lipinski definition) is 0. The van der Waals surface area contributed by atoms with Crippen molar-refractivity contribution >= 4 is 21.8 Å². The number of benzene rings is 3. The van der Waals surface area contributed by atoms with E-state index in [-0.39, 0.29) is 10.8 Å². The molecule has 0 atom stereocenters. The minimum absolute atomic E-state index is 0.0346. The molecular formula is C43H40N4. The van der Waals surface area contributed by atoms with Crippen molar-refractivity contribution in [1.29, 1.82) is 0 Å². The van der Waals surface area contributed by atoms with Gasteiger partial charge in [0.1, 0.15) is 0 Å². The van der Waals surface area contributed by atoms with Crippen molar-refractivity contribution in [1.82, 2.24) is 19.9 Å². The van der Waals surface area contributed by atoms with Gasteiger partial charge in [0.25, 0.3) is 0 Å². The first-order valence-corrected chi connectivity index (χ1v) is 16.3. The van der Waals surface area contributed by atoms with Crippen LogP contribution < -0.4 is 0 Å². The smallest absolute Gasteiger partial charge is 0.0972 e. The van der Waals surface area contributed by atoms with Gasteiger partial charge in [0.15, 0.2) is 0 Å². The third kappa shape index (κ3) is 5.92. The molecule has 4 heteroatoms. The van der Waals surface area contributed by atoms with Crippen molar-refractivity contribution in [2.45, 2.75) is 59.3 Å². The van der Waals surface area contributed by atoms with Gasteiger partial charge in [-0.05, 0) is 101 Å². The molecule has 0 amide bonds. The number of rotatable bonds is 4. The molecule has 0 N–H and O–H groups in total. The molecule has 0 aliphatic rings. The van der Waals surface area contributed by atoms with Gasteiger partial charge in [0.05, 0.1) is 33.8 Å². The highest BCUT2D eigenvalue weighted by molar-refractivity contribution is 6.04. The average molecular weight is 613 g/mol. The summed E-state index contributed by atoms with van der Waals surface area (Å²) in [6.07, 6.45) is 3.71. The largest absolute Gasteiger partial charge is 0.256 e. The van der Waals surface area contributed by atoms with Crippen LogP contribution in [0.25, 0.3) is 66.8 Å². The molecule has 4 heterocycles. The second kappa shape index (κ2) is 11.5. The molecule has 0 aliphatic carbocycles. The van der Waals surface area contributed by atoms with Gasteiger partial charge < -0.3 is 0 Å². The fraction of sp³-hybridized carbons (Fsp3) is 0.209. The number of pyridine rings is 4. The summed E-state index contributed by atoms with van der Waals surface area (Å²) in [5.41, 5.74) is 13.6. The van der Waals surface area contributed by atoms with Gasteiger partial charge in [0, 0.05) is 45.4 Å². The predicted octanol–water partition coefficient (Wildman–Crippen LogP) is 11.1. The fourth-order valence-electron chi connectivity index (χ4n) is 6.17. The molecule has 7 rings (SSSR count). The molecule has 4 nitrogen and oxygen atoms in total. The zero-order chi connectivity index (χ0) is 32.9. The third-order valence-corrected chi connectivity index (χ3v) is 9.07. The van der Waals surface area contributed by atoms with E-state index in [1.54, 1.807) is 0 Å². The van der Waals surface area contributed by atoms with Gasteiger partial charge in [0.2, 0.25) is 0 Å². The second-order valence-electron chi connectivity index (χ2n) is 14.5. The number of fused-ring (bicyclic) bond motifs is 3. The summed E-state index contributed by atoms with van der Waals surface area (Å²) >= 11 is 0. The van der Waals surface area contributed by atoms with Crippen LogP contribution in [0.2, 0.25) is 0 Å². The maximum absolute atomic E-state index is 5.36. The Morgan fingerprint density at radius 2 is 0.915 bits per heavy atom. The topological polar surface area (TPSA) is 51.6 Å². The van der Waals surface area contributed by atoms with E-state index in [0.717, 1.165) is 66.8 Å². The zero-order valence-corrected chi connectivity index (χ0v) is 28.3. The Hall–Kier alpha value is -5.22. The summed E-state index contributed by atoms with van der Waals surface area (Å²) in [5, 5.41) is 2.13. The van der Waals surface area contributed by atoms with Crippen molar-refractivity contribution < 1.29 is 0 Å². The second-order valence-corrected chi connectivity index (χ2v) is 14.5. The highest BCUT2D eigenvalue weighted by Gasteiger charge is 2.21. The molecule has 0 radical (unpaired) electrons. The molecule has 0 saturated carbocycles. The molecule has 232 valence electrons. The van der Waals surface area contributed by atoms with Crippen LogP contribution in [0.5, 0.6) is 0 Å². The summed E-state index contributed by atoms with van der Waals surface area (Å²) in [4.78, 5) is 20.0. The Kier molecular flexibility index (Phi) is 7.47. The van der Waals surface area contributed by atoms with Crippen molar-refractivity contribution in [3.63, 3.8) is 0 Å². The molecule has 0 fully saturated rings. The highest BCUT2D eigenvalue weighted by atomic mass is 14.8. The SMILES string of the molecule is Cc1c(-c2ccccn2)cc(C(C)(C)C)cc1-c1ccc2ccc3ccc(-c4cc(-c5ccccn5)cc(C(C)(C)C)c4)nc3c2n1. The van der Waals surface area contributed by atoms with E-state index >= 15 is 0 Å². The molecule has 0 bridgehead atoms. The molecular weight excluding hydrogens is 573 g/mol. The van der Waals surface area contributed by atoms with Gasteiger partial charge in [-0.1, -0.05) is 77.9 Å². The Morgan fingerprint density at radius 1 is 0.447 bits per heavy atom. The molecule has 0 saturated heterocycles. The van der Waals surface area contributed by atoms with Crippen LogP contribution in [-0.4, -0.2) is 19.9 Å². The van der Waals surface area contributed by atoms with E-state index in [0.29, 0.717) is 0 Å². The Bertz CT molecular complexity index is 2260. The van der Waals surface area contributed by atoms with Crippen molar-refractivity contribution in [3.05, 3.63) is 132 Å². The molecule has 0 unspecified atom stereocenters.